The number of nitriles is 9. The Bertz CT molecular complexity index is 2870. The predicted octanol–water partition coefficient (Wildman–Crippen LogP) is 11.5. The van der Waals surface area contributed by atoms with Crippen molar-refractivity contribution in [1.82, 2.24) is 0 Å². The number of hydrogen-bond acceptors (Lipinski definition) is 9. The van der Waals surface area contributed by atoms with Crippen LogP contribution in [0, 0.1) is 108 Å². The van der Waals surface area contributed by atoms with Crippen LogP contribution in [0.5, 0.6) is 0 Å². The van der Waals surface area contributed by atoms with Crippen LogP contribution in [-0.2, 0) is 42.2 Å². The summed E-state index contributed by atoms with van der Waals surface area (Å²) in [6.45, 7) is -0.352. The van der Waals surface area contributed by atoms with E-state index in [2.05, 4.69) is 0 Å². The van der Waals surface area contributed by atoms with Crippen molar-refractivity contribution in [3.05, 3.63) is 113 Å². The Labute approximate surface area is 362 Å². The van der Waals surface area contributed by atoms with Crippen molar-refractivity contribution < 1.29 is 74.6 Å². The highest BCUT2D eigenvalue weighted by molar-refractivity contribution is 6.01. The molecule has 0 heterocycles. The molecule has 0 aliphatic heterocycles. The molecule has 0 radical (unpaired) electrons. The zero-order valence-electron chi connectivity index (χ0n) is 32.3. The molecule has 0 saturated heterocycles. The number of halogens is 17. The zero-order chi connectivity index (χ0) is 51.5. The van der Waals surface area contributed by atoms with Crippen LogP contribution in [0.2, 0.25) is 0 Å². The van der Waals surface area contributed by atoms with Crippen molar-refractivity contribution in [2.75, 3.05) is 0 Å². The summed E-state index contributed by atoms with van der Waals surface area (Å²) in [5.41, 5.74) is -48.3. The lowest BCUT2D eigenvalue weighted by atomic mass is 9.71. The monoisotopic (exact) mass is 951 g/mol. The summed E-state index contributed by atoms with van der Waals surface area (Å²) in [7, 11) is 0. The number of allylic oxidation sites excluding steroid dienone is 4. The van der Waals surface area contributed by atoms with Crippen LogP contribution in [-0.4, -0.2) is 0 Å². The molecule has 1 aliphatic carbocycles. The van der Waals surface area contributed by atoms with Crippen LogP contribution in [0.1, 0.15) is 97.3 Å². The summed E-state index contributed by atoms with van der Waals surface area (Å²) in [5.74, 6) is -8.31. The molecule has 0 aromatic heterocycles. The van der Waals surface area contributed by atoms with Gasteiger partial charge in [-0.2, -0.15) is 113 Å². The van der Waals surface area contributed by atoms with Crippen LogP contribution in [0.4, 0.5) is 74.6 Å². The van der Waals surface area contributed by atoms with Gasteiger partial charge in [-0.3, -0.25) is 0 Å². The van der Waals surface area contributed by atoms with E-state index in [1.165, 1.54) is 0 Å². The van der Waals surface area contributed by atoms with Gasteiger partial charge in [-0.1, -0.05) is 0 Å². The normalized spacial score (nSPS) is 16.5. The Morgan fingerprint density at radius 1 is 0.373 bits per heavy atom. The van der Waals surface area contributed by atoms with Gasteiger partial charge < -0.3 is 0 Å². The van der Waals surface area contributed by atoms with Crippen LogP contribution in [0.3, 0.4) is 0 Å². The molecule has 338 valence electrons. The van der Waals surface area contributed by atoms with E-state index >= 15 is 48.3 Å². The number of rotatable bonds is 5. The third-order valence-electron chi connectivity index (χ3n) is 9.94. The highest BCUT2D eigenvalue weighted by Crippen LogP contribution is 2.66. The summed E-state index contributed by atoms with van der Waals surface area (Å²) in [6.07, 6.45) is -31.5. The Morgan fingerprint density at radius 3 is 0.821 bits per heavy atom. The van der Waals surface area contributed by atoms with Gasteiger partial charge >= 0.3 is 30.9 Å². The van der Waals surface area contributed by atoms with Crippen LogP contribution in [0.25, 0.3) is 11.1 Å². The zero-order valence-corrected chi connectivity index (χ0v) is 32.3. The fourth-order valence-electron chi connectivity index (χ4n) is 7.65. The second-order valence-corrected chi connectivity index (χ2v) is 13.9. The second-order valence-electron chi connectivity index (χ2n) is 13.9. The Morgan fingerprint density at radius 2 is 0.612 bits per heavy atom. The third-order valence-corrected chi connectivity index (χ3v) is 9.94. The smallest absolute Gasteiger partial charge is 0.202 e. The summed E-state index contributed by atoms with van der Waals surface area (Å²) in [5, 5.41) is 89.8. The molecule has 3 aromatic rings. The maximum Gasteiger partial charge on any atom is 0.418 e. The Balaban J connectivity index is 2.72. The van der Waals surface area contributed by atoms with Gasteiger partial charge in [-0.15, -0.1) is 0 Å². The molecule has 2 atom stereocenters. The molecule has 0 bridgehead atoms. The van der Waals surface area contributed by atoms with Gasteiger partial charge in [0, 0.05) is 35.1 Å². The molecule has 0 amide bonds. The molecule has 1 saturated carbocycles. The fraction of sp³-hybridized carbons (Fsp3) is 0.244. The maximum atomic E-state index is 15.6. The van der Waals surface area contributed by atoms with Crippen molar-refractivity contribution in [2.45, 2.75) is 56.1 Å². The van der Waals surface area contributed by atoms with Crippen molar-refractivity contribution in [3.8, 4) is 54.6 Å². The van der Waals surface area contributed by atoms with E-state index < -0.39 is 154 Å². The van der Waals surface area contributed by atoms with Gasteiger partial charge in [0.25, 0.3) is 5.92 Å². The molecule has 9 nitrogen and oxygen atoms in total. The van der Waals surface area contributed by atoms with E-state index in [1.54, 1.807) is 0 Å². The average Bonchev–Trinajstić information content (AvgIpc) is 3.94. The van der Waals surface area contributed by atoms with E-state index in [-0.39, 0.29) is 32.0 Å². The standard InChI is InChI=1S/C41H10F17N9/c1-35(14-67,34-31(40(53,54)55)19(10-63)5-20(11-64)32(34)41(56,57)58)33-23(21(12-65)25-27(36(2,42)43)15(6-59)3-16(7-60)28(25)37(44,45)46)24(33)22(13-66)26-29(38(47,48)49)17(8-61)4-18(9-62)30(26)39(50,51)52/h3-5,33H,1-2H3/b23-21-,24-22+. The van der Waals surface area contributed by atoms with Gasteiger partial charge in [-0.05, 0) is 36.3 Å². The van der Waals surface area contributed by atoms with Gasteiger partial charge in [0.1, 0.15) is 12.1 Å². The summed E-state index contributed by atoms with van der Waals surface area (Å²) in [6, 6.07) is 6.44. The van der Waals surface area contributed by atoms with Crippen molar-refractivity contribution in [1.29, 1.82) is 47.4 Å². The minimum Gasteiger partial charge on any atom is -0.202 e. The molecule has 0 spiro atoms. The molecule has 2 unspecified atom stereocenters. The van der Waals surface area contributed by atoms with E-state index in [0.717, 1.165) is 48.6 Å². The lowest BCUT2D eigenvalue weighted by Gasteiger charge is -2.30. The molecule has 4 rings (SSSR count). The highest BCUT2D eigenvalue weighted by atomic mass is 19.4. The topological polar surface area (TPSA) is 214 Å². The van der Waals surface area contributed by atoms with Crippen molar-refractivity contribution in [3.63, 3.8) is 0 Å². The quantitative estimate of drug-likeness (QED) is 0.175. The molecule has 26 heteroatoms. The van der Waals surface area contributed by atoms with Crippen LogP contribution in [0.15, 0.2) is 29.3 Å². The highest BCUT2D eigenvalue weighted by Gasteiger charge is 2.62. The number of alkyl halides is 17. The first-order valence-corrected chi connectivity index (χ1v) is 17.1. The number of nitrogens with zero attached hydrogens (tertiary/aromatic N) is 9. The molecular weight excluding hydrogens is 941 g/mol. The van der Waals surface area contributed by atoms with Gasteiger partial charge in [-0.25, -0.2) is 8.78 Å². The largest absolute Gasteiger partial charge is 0.418 e. The van der Waals surface area contributed by atoms with Crippen molar-refractivity contribution >= 4 is 11.1 Å². The van der Waals surface area contributed by atoms with Crippen molar-refractivity contribution in [2.24, 2.45) is 5.92 Å². The summed E-state index contributed by atoms with van der Waals surface area (Å²) >= 11 is 0. The first-order valence-electron chi connectivity index (χ1n) is 17.1. The molecule has 67 heavy (non-hydrogen) atoms. The molecule has 1 aliphatic rings. The first kappa shape index (κ1) is 51.0. The Hall–Kier alpha value is -8.64. The van der Waals surface area contributed by atoms with Gasteiger partial charge in [0.15, 0.2) is 0 Å². The summed E-state index contributed by atoms with van der Waals surface area (Å²) < 4.78 is 257. The molecule has 0 N–H and O–H groups in total. The number of benzene rings is 3. The second kappa shape index (κ2) is 16.4. The van der Waals surface area contributed by atoms with E-state index in [9.17, 15) is 73.7 Å². The van der Waals surface area contributed by atoms with Crippen LogP contribution < -0.4 is 0 Å². The minimum atomic E-state index is -6.33. The lowest BCUT2D eigenvalue weighted by Crippen LogP contribution is -2.33. The average molecular weight is 952 g/mol. The lowest BCUT2D eigenvalue weighted by molar-refractivity contribution is -0.146. The SMILES string of the molecule is CC(F)(F)c1c(C#N)cc(C#N)c(C(F)(F)F)c1/C(C#N)=C1/C(=C(/C#N)c2c(C(F)(F)F)c(C#N)cc(C#N)c2C(F)(F)F)C1C(C)(C#N)c1c(C(F)(F)F)c(C#N)cc(C#N)c1C(F)(F)F. The fourth-order valence-corrected chi connectivity index (χ4v) is 7.65. The third kappa shape index (κ3) is 8.44. The van der Waals surface area contributed by atoms with E-state index in [4.69, 9.17) is 0 Å². The van der Waals surface area contributed by atoms with Gasteiger partial charge in [0.05, 0.1) is 120 Å². The van der Waals surface area contributed by atoms with E-state index in [1.807, 2.05) is 0 Å². The minimum absolute atomic E-state index is 0.0784. The number of hydrogen-bond donors (Lipinski definition) is 0. The molecule has 1 fully saturated rings. The molecular formula is C41H10F17N9. The van der Waals surface area contributed by atoms with Crippen LogP contribution >= 0.6 is 0 Å². The van der Waals surface area contributed by atoms with E-state index in [0.29, 0.717) is 6.07 Å². The predicted molar refractivity (Wildman–Crippen MR) is 184 cm³/mol. The van der Waals surface area contributed by atoms with Gasteiger partial charge in [0.2, 0.25) is 0 Å². The maximum absolute atomic E-state index is 15.6. The summed E-state index contributed by atoms with van der Waals surface area (Å²) in [4.78, 5) is 0. The Kier molecular flexibility index (Phi) is 12.5. The molecule has 3 aromatic carbocycles. The first-order chi connectivity index (χ1) is 30.6.